The van der Waals surface area contributed by atoms with E-state index in [1.165, 1.54) is 0 Å². The SMILES string of the molecule is C[C@@H]1[C@H](c2ccccc2O)c2cc3c(cc2O[C@@H]1NNc1ccccc1)OCO3. The number of phenolic OH excluding ortho intramolecular Hbond substituents is 1. The largest absolute Gasteiger partial charge is 0.508 e. The first kappa shape index (κ1) is 17.7. The number of ether oxygens (including phenoxy) is 3. The van der Waals surface area contributed by atoms with Crippen LogP contribution >= 0.6 is 0 Å². The second-order valence-corrected chi connectivity index (χ2v) is 7.31. The first-order valence-electron chi connectivity index (χ1n) is 9.65. The van der Waals surface area contributed by atoms with Gasteiger partial charge in [-0.15, -0.1) is 0 Å². The standard InChI is InChI=1S/C23H22N2O4/c1-14-22(16-9-5-6-10-18(16)26)17-11-20-21(28-13-27-20)12-19(17)29-23(14)25-24-15-7-3-2-4-8-15/h2-12,14,22-26H,13H2,1H3/t14-,22-,23+/m1/s1. The maximum Gasteiger partial charge on any atom is 0.231 e. The predicted molar refractivity (Wildman–Crippen MR) is 109 cm³/mol. The Morgan fingerprint density at radius 2 is 1.59 bits per heavy atom. The van der Waals surface area contributed by atoms with Crippen LogP contribution in [0.2, 0.25) is 0 Å². The summed E-state index contributed by atoms with van der Waals surface area (Å²) in [5, 5.41) is 10.6. The van der Waals surface area contributed by atoms with E-state index < -0.39 is 0 Å². The molecule has 6 heteroatoms. The molecular weight excluding hydrogens is 368 g/mol. The maximum atomic E-state index is 10.6. The van der Waals surface area contributed by atoms with E-state index in [1.54, 1.807) is 6.07 Å². The van der Waals surface area contributed by atoms with Crippen LogP contribution < -0.4 is 25.1 Å². The Balaban J connectivity index is 1.53. The predicted octanol–water partition coefficient (Wildman–Crippen LogP) is 4.22. The molecular formula is C23H22N2O4. The fraction of sp³-hybridized carbons (Fsp3) is 0.217. The van der Waals surface area contributed by atoms with Gasteiger partial charge in [-0.2, -0.15) is 5.43 Å². The van der Waals surface area contributed by atoms with Gasteiger partial charge in [0.25, 0.3) is 0 Å². The van der Waals surface area contributed by atoms with Crippen LogP contribution in [-0.4, -0.2) is 18.1 Å². The minimum Gasteiger partial charge on any atom is -0.508 e. The minimum absolute atomic E-state index is 0.0207. The number of benzene rings is 3. The van der Waals surface area contributed by atoms with Gasteiger partial charge >= 0.3 is 0 Å². The summed E-state index contributed by atoms with van der Waals surface area (Å²) in [5.41, 5.74) is 9.28. The summed E-state index contributed by atoms with van der Waals surface area (Å²) < 4.78 is 17.4. The maximum absolute atomic E-state index is 10.6. The second kappa shape index (κ2) is 7.22. The lowest BCUT2D eigenvalue weighted by molar-refractivity contribution is 0.0858. The van der Waals surface area contributed by atoms with Crippen LogP contribution in [0, 0.1) is 5.92 Å². The van der Waals surface area contributed by atoms with Gasteiger partial charge in [-0.25, -0.2) is 0 Å². The molecule has 3 atom stereocenters. The lowest BCUT2D eigenvalue weighted by atomic mass is 9.78. The van der Waals surface area contributed by atoms with Crippen molar-refractivity contribution in [3.05, 3.63) is 77.9 Å². The number of rotatable bonds is 4. The van der Waals surface area contributed by atoms with E-state index in [9.17, 15) is 5.11 Å². The zero-order valence-electron chi connectivity index (χ0n) is 16.0. The van der Waals surface area contributed by atoms with Crippen molar-refractivity contribution in [3.8, 4) is 23.0 Å². The zero-order valence-corrected chi connectivity index (χ0v) is 16.0. The number of nitrogens with one attached hydrogen (secondary N) is 2. The number of phenols is 1. The molecule has 0 unspecified atom stereocenters. The Labute approximate surface area is 169 Å². The molecule has 2 aliphatic heterocycles. The molecule has 6 nitrogen and oxygen atoms in total. The van der Waals surface area contributed by atoms with Crippen molar-refractivity contribution in [2.45, 2.75) is 19.1 Å². The number of para-hydroxylation sites is 2. The number of hydrazine groups is 1. The molecule has 0 saturated heterocycles. The zero-order chi connectivity index (χ0) is 19.8. The van der Waals surface area contributed by atoms with Crippen molar-refractivity contribution in [1.29, 1.82) is 0 Å². The van der Waals surface area contributed by atoms with Crippen molar-refractivity contribution in [1.82, 2.24) is 5.43 Å². The van der Waals surface area contributed by atoms with Crippen LogP contribution in [0.5, 0.6) is 23.0 Å². The van der Waals surface area contributed by atoms with E-state index in [-0.39, 0.29) is 30.6 Å². The lowest BCUT2D eigenvalue weighted by Crippen LogP contribution is -2.47. The molecule has 0 amide bonds. The number of aromatic hydroxyl groups is 1. The fourth-order valence-electron chi connectivity index (χ4n) is 4.02. The Morgan fingerprint density at radius 3 is 2.38 bits per heavy atom. The first-order chi connectivity index (χ1) is 14.2. The summed E-state index contributed by atoms with van der Waals surface area (Å²) in [6.45, 7) is 2.31. The molecule has 0 fully saturated rings. The topological polar surface area (TPSA) is 72.0 Å². The highest BCUT2D eigenvalue weighted by Crippen LogP contribution is 2.50. The van der Waals surface area contributed by atoms with Gasteiger partial charge in [0.2, 0.25) is 6.79 Å². The average molecular weight is 390 g/mol. The molecule has 29 heavy (non-hydrogen) atoms. The fourth-order valence-corrected chi connectivity index (χ4v) is 4.02. The highest BCUT2D eigenvalue weighted by atomic mass is 16.7. The van der Waals surface area contributed by atoms with E-state index >= 15 is 0 Å². The highest BCUT2D eigenvalue weighted by molar-refractivity contribution is 5.57. The molecule has 148 valence electrons. The molecule has 0 aromatic heterocycles. The van der Waals surface area contributed by atoms with Gasteiger partial charge in [-0.1, -0.05) is 43.3 Å². The van der Waals surface area contributed by atoms with Crippen molar-refractivity contribution in [2.24, 2.45) is 5.92 Å². The van der Waals surface area contributed by atoms with Gasteiger partial charge < -0.3 is 24.7 Å². The molecule has 0 spiro atoms. The van der Waals surface area contributed by atoms with Gasteiger partial charge in [-0.05, 0) is 24.3 Å². The Morgan fingerprint density at radius 1 is 0.862 bits per heavy atom. The van der Waals surface area contributed by atoms with Crippen LogP contribution in [0.1, 0.15) is 24.0 Å². The third kappa shape index (κ3) is 3.21. The van der Waals surface area contributed by atoms with Crippen LogP contribution in [0.3, 0.4) is 0 Å². The molecule has 0 bridgehead atoms. The van der Waals surface area contributed by atoms with Gasteiger partial charge in [0.1, 0.15) is 11.5 Å². The third-order valence-corrected chi connectivity index (χ3v) is 5.50. The molecule has 0 saturated carbocycles. The van der Waals surface area contributed by atoms with Crippen molar-refractivity contribution < 1.29 is 19.3 Å². The Kier molecular flexibility index (Phi) is 4.41. The summed E-state index contributed by atoms with van der Waals surface area (Å²) in [5.74, 6) is 2.30. The molecule has 2 aliphatic rings. The summed E-state index contributed by atoms with van der Waals surface area (Å²) in [4.78, 5) is 0. The molecule has 0 aliphatic carbocycles. The summed E-state index contributed by atoms with van der Waals surface area (Å²) in [6, 6.07) is 21.1. The Hall–Kier alpha value is -3.38. The number of hydrogen-bond acceptors (Lipinski definition) is 6. The molecule has 0 radical (unpaired) electrons. The van der Waals surface area contributed by atoms with Gasteiger partial charge in [0.05, 0.1) is 0 Å². The molecule has 3 aromatic rings. The van der Waals surface area contributed by atoms with Crippen molar-refractivity contribution in [3.63, 3.8) is 0 Å². The third-order valence-electron chi connectivity index (χ3n) is 5.50. The summed E-state index contributed by atoms with van der Waals surface area (Å²) in [7, 11) is 0. The van der Waals surface area contributed by atoms with E-state index in [0.29, 0.717) is 17.2 Å². The lowest BCUT2D eigenvalue weighted by Gasteiger charge is -2.38. The van der Waals surface area contributed by atoms with Crippen LogP contribution in [0.25, 0.3) is 0 Å². The van der Waals surface area contributed by atoms with Gasteiger partial charge in [0.15, 0.2) is 17.7 Å². The van der Waals surface area contributed by atoms with E-state index in [0.717, 1.165) is 16.8 Å². The first-order valence-corrected chi connectivity index (χ1v) is 9.65. The van der Waals surface area contributed by atoms with Crippen molar-refractivity contribution >= 4 is 5.69 Å². The van der Waals surface area contributed by atoms with E-state index in [2.05, 4.69) is 17.8 Å². The number of anilines is 1. The molecule has 3 N–H and O–H groups in total. The van der Waals surface area contributed by atoms with Crippen LogP contribution in [0.4, 0.5) is 5.69 Å². The smallest absolute Gasteiger partial charge is 0.231 e. The monoisotopic (exact) mass is 390 g/mol. The number of fused-ring (bicyclic) bond motifs is 2. The number of hydrogen-bond donors (Lipinski definition) is 3. The molecule has 2 heterocycles. The average Bonchev–Trinajstić information content (AvgIpc) is 3.20. The van der Waals surface area contributed by atoms with E-state index in [4.69, 9.17) is 14.2 Å². The molecule has 3 aromatic carbocycles. The van der Waals surface area contributed by atoms with Crippen molar-refractivity contribution in [2.75, 3.05) is 12.2 Å². The second-order valence-electron chi connectivity index (χ2n) is 7.31. The van der Waals surface area contributed by atoms with E-state index in [1.807, 2.05) is 60.7 Å². The van der Waals surface area contributed by atoms with Crippen LogP contribution in [-0.2, 0) is 0 Å². The minimum atomic E-state index is -0.326. The van der Waals surface area contributed by atoms with Crippen LogP contribution in [0.15, 0.2) is 66.7 Å². The summed E-state index contributed by atoms with van der Waals surface area (Å²) in [6.07, 6.45) is -0.326. The Bertz CT molecular complexity index is 1020. The summed E-state index contributed by atoms with van der Waals surface area (Å²) >= 11 is 0. The highest BCUT2D eigenvalue weighted by Gasteiger charge is 2.39. The normalized spacial score (nSPS) is 21.9. The van der Waals surface area contributed by atoms with Gasteiger partial charge in [-0.3, -0.25) is 0 Å². The quantitative estimate of drug-likeness (QED) is 0.579. The molecule has 5 rings (SSSR count). The van der Waals surface area contributed by atoms with Gasteiger partial charge in [0, 0.05) is 34.7 Å².